The van der Waals surface area contributed by atoms with E-state index >= 15 is 0 Å². The van der Waals surface area contributed by atoms with Gasteiger partial charge in [0, 0.05) is 44.3 Å². The van der Waals surface area contributed by atoms with Gasteiger partial charge in [-0.1, -0.05) is 0 Å². The van der Waals surface area contributed by atoms with Crippen molar-refractivity contribution in [1.82, 2.24) is 20.4 Å². The molecular formula is C21H41N5O3. The molecule has 29 heavy (non-hydrogen) atoms. The van der Waals surface area contributed by atoms with E-state index in [0.717, 1.165) is 51.6 Å². The maximum Gasteiger partial charge on any atom is 0.410 e. The summed E-state index contributed by atoms with van der Waals surface area (Å²) in [6, 6.07) is 0.312. The highest BCUT2D eigenvalue weighted by Gasteiger charge is 2.35. The van der Waals surface area contributed by atoms with E-state index < -0.39 is 5.60 Å². The van der Waals surface area contributed by atoms with Crippen molar-refractivity contribution in [1.29, 1.82) is 0 Å². The summed E-state index contributed by atoms with van der Waals surface area (Å²) in [5, 5.41) is 6.68. The quantitative estimate of drug-likeness (QED) is 0.470. The first-order valence-corrected chi connectivity index (χ1v) is 11.0. The fourth-order valence-corrected chi connectivity index (χ4v) is 3.31. The molecule has 0 spiro atoms. The van der Waals surface area contributed by atoms with Crippen molar-refractivity contribution in [2.45, 2.75) is 71.6 Å². The summed E-state index contributed by atoms with van der Waals surface area (Å²) in [6.07, 6.45) is 1.89. The third-order valence-electron chi connectivity index (χ3n) is 5.10. The lowest BCUT2D eigenvalue weighted by molar-refractivity contribution is -0.00684. The fraction of sp³-hybridized carbons (Fsp3) is 0.905. The van der Waals surface area contributed by atoms with E-state index in [1.807, 2.05) is 25.7 Å². The van der Waals surface area contributed by atoms with Crippen LogP contribution in [0.4, 0.5) is 4.79 Å². The second kappa shape index (κ2) is 10.5. The minimum atomic E-state index is -0.473. The van der Waals surface area contributed by atoms with E-state index in [4.69, 9.17) is 14.5 Å². The van der Waals surface area contributed by atoms with Gasteiger partial charge in [-0.15, -0.1) is 0 Å². The molecule has 2 rings (SSSR count). The average molecular weight is 412 g/mol. The highest BCUT2D eigenvalue weighted by molar-refractivity contribution is 5.79. The zero-order valence-electron chi connectivity index (χ0n) is 19.2. The van der Waals surface area contributed by atoms with E-state index in [0.29, 0.717) is 25.7 Å². The van der Waals surface area contributed by atoms with Gasteiger partial charge in [-0.2, -0.15) is 0 Å². The number of carbonyl (C=O) groups excluding carboxylic acids is 1. The third kappa shape index (κ3) is 8.38. The molecule has 0 aromatic rings. The molecule has 0 aromatic heterocycles. The van der Waals surface area contributed by atoms with Crippen molar-refractivity contribution in [2.75, 3.05) is 52.5 Å². The van der Waals surface area contributed by atoms with Gasteiger partial charge in [-0.3, -0.25) is 9.89 Å². The van der Waals surface area contributed by atoms with Crippen LogP contribution in [0.3, 0.4) is 0 Å². The van der Waals surface area contributed by atoms with Gasteiger partial charge in [0.1, 0.15) is 5.60 Å². The molecule has 1 aliphatic carbocycles. The predicted molar refractivity (Wildman–Crippen MR) is 116 cm³/mol. The van der Waals surface area contributed by atoms with Gasteiger partial charge >= 0.3 is 6.09 Å². The number of carbonyl (C=O) groups is 1. The number of guanidine groups is 1. The number of hydrogen-bond donors (Lipinski definition) is 2. The predicted octanol–water partition coefficient (Wildman–Crippen LogP) is 2.05. The number of aliphatic imine (C=N–C) groups is 1. The number of ether oxygens (including phenoxy) is 2. The van der Waals surface area contributed by atoms with Crippen molar-refractivity contribution in [3.63, 3.8) is 0 Å². The van der Waals surface area contributed by atoms with E-state index in [-0.39, 0.29) is 11.6 Å². The molecule has 1 heterocycles. The number of rotatable bonds is 8. The van der Waals surface area contributed by atoms with Crippen LogP contribution in [0.15, 0.2) is 4.99 Å². The number of morpholine rings is 1. The zero-order chi connectivity index (χ0) is 21.5. The van der Waals surface area contributed by atoms with Gasteiger partial charge in [-0.05, 0) is 54.4 Å². The molecule has 8 heteroatoms. The Morgan fingerprint density at radius 3 is 2.38 bits per heavy atom. The van der Waals surface area contributed by atoms with Crippen LogP contribution in [-0.4, -0.2) is 91.5 Å². The molecule has 0 bridgehead atoms. The summed E-state index contributed by atoms with van der Waals surface area (Å²) in [5.41, 5.74) is -0.498. The van der Waals surface area contributed by atoms with Crippen molar-refractivity contribution in [3.8, 4) is 0 Å². The minimum Gasteiger partial charge on any atom is -0.444 e. The second-order valence-corrected chi connectivity index (χ2v) is 9.44. The minimum absolute atomic E-state index is 0.0251. The number of hydrogen-bond acceptors (Lipinski definition) is 5. The number of nitrogens with one attached hydrogen (secondary N) is 2. The molecule has 1 aliphatic heterocycles. The standard InChI is InChI=1S/C21H41N5O3/c1-7-22-18(24-16-21(5,6)25-12-14-28-15-13-25)23-10-11-26(17-8-9-17)19(27)29-20(2,3)4/h17H,7-16H2,1-6H3,(H2,22,23,24). The smallest absolute Gasteiger partial charge is 0.410 e. The monoisotopic (exact) mass is 411 g/mol. The highest BCUT2D eigenvalue weighted by Crippen LogP contribution is 2.28. The molecular weight excluding hydrogens is 370 g/mol. The molecule has 8 nitrogen and oxygen atoms in total. The Labute approximate surface area is 176 Å². The van der Waals surface area contributed by atoms with Crippen LogP contribution in [0.5, 0.6) is 0 Å². The first-order valence-electron chi connectivity index (χ1n) is 11.0. The summed E-state index contributed by atoms with van der Waals surface area (Å²) < 4.78 is 11.0. The maximum absolute atomic E-state index is 12.5. The van der Waals surface area contributed by atoms with Gasteiger partial charge in [-0.25, -0.2) is 4.79 Å². The Balaban J connectivity index is 1.87. The molecule has 2 N–H and O–H groups in total. The van der Waals surface area contributed by atoms with Crippen LogP contribution in [-0.2, 0) is 9.47 Å². The van der Waals surface area contributed by atoms with Crippen LogP contribution >= 0.6 is 0 Å². The second-order valence-electron chi connectivity index (χ2n) is 9.44. The van der Waals surface area contributed by atoms with Gasteiger partial charge in [0.15, 0.2) is 5.96 Å². The topological polar surface area (TPSA) is 78.4 Å². The zero-order valence-corrected chi connectivity index (χ0v) is 19.2. The number of amides is 1. The van der Waals surface area contributed by atoms with Crippen LogP contribution < -0.4 is 10.6 Å². The SMILES string of the molecule is CCNC(=NCC(C)(C)N1CCOCC1)NCCN(C(=O)OC(C)(C)C)C1CC1. The van der Waals surface area contributed by atoms with Crippen LogP contribution in [0.25, 0.3) is 0 Å². The Bertz CT molecular complexity index is 549. The fourth-order valence-electron chi connectivity index (χ4n) is 3.31. The largest absolute Gasteiger partial charge is 0.444 e. The lowest BCUT2D eigenvalue weighted by Crippen LogP contribution is -2.52. The third-order valence-corrected chi connectivity index (χ3v) is 5.10. The van der Waals surface area contributed by atoms with E-state index in [9.17, 15) is 4.79 Å². The maximum atomic E-state index is 12.5. The molecule has 2 fully saturated rings. The van der Waals surface area contributed by atoms with E-state index in [1.54, 1.807) is 0 Å². The van der Waals surface area contributed by atoms with E-state index in [1.165, 1.54) is 0 Å². The van der Waals surface area contributed by atoms with Gasteiger partial charge in [0.05, 0.1) is 19.8 Å². The Kier molecular flexibility index (Phi) is 8.58. The van der Waals surface area contributed by atoms with Gasteiger partial charge in [0.2, 0.25) is 0 Å². The number of nitrogens with zero attached hydrogens (tertiary/aromatic N) is 3. The molecule has 168 valence electrons. The van der Waals surface area contributed by atoms with Crippen molar-refractivity contribution < 1.29 is 14.3 Å². The molecule has 0 radical (unpaired) electrons. The highest BCUT2D eigenvalue weighted by atomic mass is 16.6. The van der Waals surface area contributed by atoms with Crippen LogP contribution in [0.1, 0.15) is 54.4 Å². The summed E-state index contributed by atoms with van der Waals surface area (Å²) >= 11 is 0. The summed E-state index contributed by atoms with van der Waals surface area (Å²) in [4.78, 5) is 21.6. The first kappa shape index (κ1) is 23.7. The van der Waals surface area contributed by atoms with Gasteiger partial charge in [0.25, 0.3) is 0 Å². The first-order chi connectivity index (χ1) is 13.6. The molecule has 1 amide bonds. The average Bonchev–Trinajstić information content (AvgIpc) is 3.47. The van der Waals surface area contributed by atoms with Crippen molar-refractivity contribution in [3.05, 3.63) is 0 Å². The van der Waals surface area contributed by atoms with Crippen molar-refractivity contribution >= 4 is 12.1 Å². The molecule has 1 saturated heterocycles. The van der Waals surface area contributed by atoms with E-state index in [2.05, 4.69) is 36.3 Å². The summed E-state index contributed by atoms with van der Waals surface area (Å²) in [7, 11) is 0. The Morgan fingerprint density at radius 2 is 1.83 bits per heavy atom. The summed E-state index contributed by atoms with van der Waals surface area (Å²) in [6.45, 7) is 18.4. The van der Waals surface area contributed by atoms with Crippen LogP contribution in [0.2, 0.25) is 0 Å². The molecule has 0 unspecified atom stereocenters. The molecule has 0 aromatic carbocycles. The van der Waals surface area contributed by atoms with Crippen LogP contribution in [0, 0.1) is 0 Å². The Hall–Kier alpha value is -1.54. The van der Waals surface area contributed by atoms with Crippen molar-refractivity contribution in [2.24, 2.45) is 4.99 Å². The lowest BCUT2D eigenvalue weighted by Gasteiger charge is -2.39. The summed E-state index contributed by atoms with van der Waals surface area (Å²) in [5.74, 6) is 0.786. The molecule has 0 atom stereocenters. The lowest BCUT2D eigenvalue weighted by atomic mass is 10.0. The molecule has 2 aliphatic rings. The normalized spacial score (nSPS) is 19.0. The molecule has 1 saturated carbocycles. The Morgan fingerprint density at radius 1 is 1.17 bits per heavy atom. The van der Waals surface area contributed by atoms with Gasteiger partial charge < -0.3 is 25.0 Å².